The van der Waals surface area contributed by atoms with Crippen molar-refractivity contribution in [2.75, 3.05) is 26.2 Å². The molecule has 152 valence electrons. The lowest BCUT2D eigenvalue weighted by Crippen LogP contribution is -2.50. The molecule has 29 heavy (non-hydrogen) atoms. The van der Waals surface area contributed by atoms with Crippen molar-refractivity contribution < 1.29 is 13.2 Å². The Hall–Kier alpha value is -2.07. The number of hydrogen-bond acceptors (Lipinski definition) is 6. The molecule has 0 N–H and O–H groups in total. The number of carbonyl (C=O) groups excluding carboxylic acids is 1. The van der Waals surface area contributed by atoms with Crippen molar-refractivity contribution in [2.45, 2.75) is 18.7 Å². The maximum atomic E-state index is 13.0. The lowest BCUT2D eigenvalue weighted by Gasteiger charge is -2.34. The molecule has 3 heterocycles. The van der Waals surface area contributed by atoms with E-state index in [4.69, 9.17) is 0 Å². The van der Waals surface area contributed by atoms with Crippen molar-refractivity contribution in [3.05, 3.63) is 57.9 Å². The summed E-state index contributed by atoms with van der Waals surface area (Å²) in [5.74, 6) is -0.146. The van der Waals surface area contributed by atoms with Gasteiger partial charge in [0.05, 0.1) is 9.77 Å². The summed E-state index contributed by atoms with van der Waals surface area (Å²) in [7, 11) is -3.57. The van der Waals surface area contributed by atoms with Crippen LogP contribution in [-0.2, 0) is 10.0 Å². The molecule has 1 saturated heterocycles. The van der Waals surface area contributed by atoms with E-state index in [1.807, 2.05) is 43.5 Å². The number of aromatic nitrogens is 1. The van der Waals surface area contributed by atoms with Crippen molar-refractivity contribution in [1.29, 1.82) is 0 Å². The van der Waals surface area contributed by atoms with Crippen LogP contribution in [0.3, 0.4) is 0 Å². The van der Waals surface area contributed by atoms with E-state index in [0.29, 0.717) is 23.7 Å². The number of thiophene rings is 1. The van der Waals surface area contributed by atoms with Gasteiger partial charge < -0.3 is 4.90 Å². The van der Waals surface area contributed by atoms with Gasteiger partial charge in [-0.25, -0.2) is 13.4 Å². The van der Waals surface area contributed by atoms with Crippen LogP contribution in [-0.4, -0.2) is 54.7 Å². The van der Waals surface area contributed by atoms with E-state index in [9.17, 15) is 13.2 Å². The van der Waals surface area contributed by atoms with E-state index >= 15 is 0 Å². The molecule has 9 heteroatoms. The average Bonchev–Trinajstić information content (AvgIpc) is 3.39. The molecular formula is C20H21N3O3S3. The van der Waals surface area contributed by atoms with Gasteiger partial charge in [-0.3, -0.25) is 4.79 Å². The highest BCUT2D eigenvalue weighted by atomic mass is 32.2. The highest BCUT2D eigenvalue weighted by molar-refractivity contribution is 7.89. The van der Waals surface area contributed by atoms with E-state index in [2.05, 4.69) is 4.98 Å². The Bertz CT molecular complexity index is 1130. The number of thiazole rings is 1. The molecule has 3 aromatic rings. The molecule has 1 aromatic carbocycles. The van der Waals surface area contributed by atoms with Gasteiger partial charge in [-0.2, -0.15) is 4.31 Å². The van der Waals surface area contributed by atoms with Crippen LogP contribution < -0.4 is 0 Å². The second kappa shape index (κ2) is 7.98. The zero-order chi connectivity index (χ0) is 20.6. The van der Waals surface area contributed by atoms with Crippen LogP contribution in [0.1, 0.15) is 21.6 Å². The van der Waals surface area contributed by atoms with Gasteiger partial charge in [0, 0.05) is 31.6 Å². The van der Waals surface area contributed by atoms with Gasteiger partial charge in [-0.1, -0.05) is 23.8 Å². The monoisotopic (exact) mass is 447 g/mol. The predicted molar refractivity (Wildman–Crippen MR) is 116 cm³/mol. The predicted octanol–water partition coefficient (Wildman–Crippen LogP) is 3.64. The van der Waals surface area contributed by atoms with Crippen LogP contribution in [0, 0.1) is 13.8 Å². The SMILES string of the molecule is Cc1ccc(S(=O)(=O)N2CCN(C(=O)c3csc(-c4cccs4)n3)CC2)c(C)c1. The molecule has 0 spiro atoms. The van der Waals surface area contributed by atoms with Crippen molar-refractivity contribution in [2.24, 2.45) is 0 Å². The highest BCUT2D eigenvalue weighted by Crippen LogP contribution is 2.28. The lowest BCUT2D eigenvalue weighted by molar-refractivity contribution is 0.0693. The van der Waals surface area contributed by atoms with Crippen LogP contribution in [0.5, 0.6) is 0 Å². The summed E-state index contributed by atoms with van der Waals surface area (Å²) in [4.78, 5) is 20.3. The van der Waals surface area contributed by atoms with Crippen LogP contribution in [0.4, 0.5) is 0 Å². The highest BCUT2D eigenvalue weighted by Gasteiger charge is 2.32. The summed E-state index contributed by atoms with van der Waals surface area (Å²) in [6.07, 6.45) is 0. The van der Waals surface area contributed by atoms with Crippen molar-refractivity contribution in [3.8, 4) is 9.88 Å². The number of carbonyl (C=O) groups is 1. The number of benzene rings is 1. The summed E-state index contributed by atoms with van der Waals surface area (Å²) in [6, 6.07) is 9.29. The van der Waals surface area contributed by atoms with Gasteiger partial charge in [-0.15, -0.1) is 22.7 Å². The van der Waals surface area contributed by atoms with Crippen LogP contribution in [0.15, 0.2) is 46.0 Å². The fraction of sp³-hybridized carbons (Fsp3) is 0.300. The van der Waals surface area contributed by atoms with Crippen LogP contribution in [0.25, 0.3) is 9.88 Å². The first kappa shape index (κ1) is 20.2. The van der Waals surface area contributed by atoms with Gasteiger partial charge >= 0.3 is 0 Å². The second-order valence-electron chi connectivity index (χ2n) is 6.98. The maximum absolute atomic E-state index is 13.0. The standard InChI is InChI=1S/C20H21N3O3S3/c1-14-5-6-18(15(2)12-14)29(25,26)23-9-7-22(8-10-23)20(24)16-13-28-19(21-16)17-4-3-11-27-17/h3-6,11-13H,7-10H2,1-2H3. The number of sulfonamides is 1. The molecule has 6 nitrogen and oxygen atoms in total. The Balaban J connectivity index is 1.44. The van der Waals surface area contributed by atoms with Gasteiger partial charge in [0.15, 0.2) is 0 Å². The van der Waals surface area contributed by atoms with E-state index in [1.54, 1.807) is 27.7 Å². The summed E-state index contributed by atoms with van der Waals surface area (Å²) in [6.45, 7) is 5.03. The number of hydrogen-bond donors (Lipinski definition) is 0. The van der Waals surface area contributed by atoms with E-state index in [1.165, 1.54) is 15.6 Å². The fourth-order valence-corrected chi connectivity index (χ4v) is 6.64. The van der Waals surface area contributed by atoms with E-state index in [0.717, 1.165) is 21.0 Å². The molecular weight excluding hydrogens is 426 g/mol. The maximum Gasteiger partial charge on any atom is 0.273 e. The molecule has 2 aromatic heterocycles. The second-order valence-corrected chi connectivity index (χ2v) is 10.7. The molecule has 0 saturated carbocycles. The minimum Gasteiger partial charge on any atom is -0.335 e. The summed E-state index contributed by atoms with van der Waals surface area (Å²) < 4.78 is 27.5. The molecule has 1 amide bonds. The number of rotatable bonds is 4. The number of amides is 1. The average molecular weight is 448 g/mol. The minimum atomic E-state index is -3.57. The molecule has 0 bridgehead atoms. The quantitative estimate of drug-likeness (QED) is 0.612. The molecule has 1 aliphatic heterocycles. The fourth-order valence-electron chi connectivity index (χ4n) is 3.41. The number of nitrogens with zero attached hydrogens (tertiary/aromatic N) is 3. The zero-order valence-corrected chi connectivity index (χ0v) is 18.6. The molecule has 0 aliphatic carbocycles. The Morgan fingerprint density at radius 3 is 2.48 bits per heavy atom. The smallest absolute Gasteiger partial charge is 0.273 e. The van der Waals surface area contributed by atoms with Crippen LogP contribution in [0.2, 0.25) is 0 Å². The molecule has 0 unspecified atom stereocenters. The Labute approximate surface area is 178 Å². The van der Waals surface area contributed by atoms with Crippen LogP contribution >= 0.6 is 22.7 Å². The first-order chi connectivity index (χ1) is 13.9. The topological polar surface area (TPSA) is 70.6 Å². The summed E-state index contributed by atoms with van der Waals surface area (Å²) >= 11 is 3.04. The summed E-state index contributed by atoms with van der Waals surface area (Å²) in [5, 5.41) is 4.59. The van der Waals surface area contributed by atoms with Gasteiger partial charge in [0.2, 0.25) is 10.0 Å². The largest absolute Gasteiger partial charge is 0.335 e. The molecule has 0 atom stereocenters. The number of piperazine rings is 1. The Morgan fingerprint density at radius 1 is 1.07 bits per heavy atom. The van der Waals surface area contributed by atoms with Crippen molar-refractivity contribution in [3.63, 3.8) is 0 Å². The molecule has 1 aliphatic rings. The Morgan fingerprint density at radius 2 is 1.83 bits per heavy atom. The molecule has 0 radical (unpaired) electrons. The van der Waals surface area contributed by atoms with Gasteiger partial charge in [0.1, 0.15) is 10.7 Å². The number of aryl methyl sites for hydroxylation is 2. The molecule has 4 rings (SSSR count). The third-order valence-electron chi connectivity index (χ3n) is 4.93. The normalized spacial score (nSPS) is 15.6. The zero-order valence-electron chi connectivity index (χ0n) is 16.2. The van der Waals surface area contributed by atoms with Crippen molar-refractivity contribution >= 4 is 38.6 Å². The lowest BCUT2D eigenvalue weighted by atomic mass is 10.2. The van der Waals surface area contributed by atoms with E-state index < -0.39 is 10.0 Å². The third-order valence-corrected chi connectivity index (χ3v) is 8.87. The Kier molecular flexibility index (Phi) is 5.56. The van der Waals surface area contributed by atoms with E-state index in [-0.39, 0.29) is 19.0 Å². The first-order valence-electron chi connectivity index (χ1n) is 9.22. The van der Waals surface area contributed by atoms with Gasteiger partial charge in [-0.05, 0) is 36.9 Å². The first-order valence-corrected chi connectivity index (χ1v) is 12.4. The molecule has 1 fully saturated rings. The van der Waals surface area contributed by atoms with Crippen molar-refractivity contribution in [1.82, 2.24) is 14.2 Å². The van der Waals surface area contributed by atoms with Gasteiger partial charge in [0.25, 0.3) is 5.91 Å². The summed E-state index contributed by atoms with van der Waals surface area (Å²) in [5.41, 5.74) is 2.19. The third kappa shape index (κ3) is 4.00. The minimum absolute atomic E-state index is 0.146.